The minimum atomic E-state index is -0.306. The van der Waals surface area contributed by atoms with Crippen molar-refractivity contribution >= 4 is 5.91 Å². The highest BCUT2D eigenvalue weighted by molar-refractivity contribution is 5.94. The zero-order valence-corrected chi connectivity index (χ0v) is 19.1. The first kappa shape index (κ1) is 22.9. The lowest BCUT2D eigenvalue weighted by Crippen LogP contribution is -2.44. The Morgan fingerprint density at radius 3 is 2.61 bits per heavy atom. The Morgan fingerprint density at radius 2 is 1.91 bits per heavy atom. The minimum Gasteiger partial charge on any atom is -0.491 e. The highest BCUT2D eigenvalue weighted by Crippen LogP contribution is 2.20. The number of hydrogen-bond acceptors (Lipinski definition) is 4. The molecule has 172 valence electrons. The fourth-order valence-electron chi connectivity index (χ4n) is 4.10. The molecule has 1 fully saturated rings. The molecule has 33 heavy (non-hydrogen) atoms. The van der Waals surface area contributed by atoms with Crippen LogP contribution in [0.1, 0.15) is 42.6 Å². The summed E-state index contributed by atoms with van der Waals surface area (Å²) in [6.07, 6.45) is 3.52. The molecule has 0 bridgehead atoms. The van der Waals surface area contributed by atoms with Gasteiger partial charge in [0.2, 0.25) is 0 Å². The predicted molar refractivity (Wildman–Crippen MR) is 128 cm³/mol. The van der Waals surface area contributed by atoms with Crippen LogP contribution in [-0.2, 0) is 6.54 Å². The summed E-state index contributed by atoms with van der Waals surface area (Å²) in [6, 6.07) is 18.2. The maximum atomic E-state index is 13.4. The number of rotatable bonds is 7. The van der Waals surface area contributed by atoms with Gasteiger partial charge in [0.15, 0.2) is 0 Å². The molecule has 0 radical (unpaired) electrons. The van der Waals surface area contributed by atoms with Crippen LogP contribution in [0.2, 0.25) is 0 Å². The number of benzene rings is 2. The Kier molecular flexibility index (Phi) is 7.35. The van der Waals surface area contributed by atoms with Gasteiger partial charge in [0.1, 0.15) is 11.6 Å². The summed E-state index contributed by atoms with van der Waals surface area (Å²) in [4.78, 5) is 19.4. The molecule has 1 saturated heterocycles. The summed E-state index contributed by atoms with van der Waals surface area (Å²) in [5.41, 5.74) is 3.08. The number of carbonyl (C=O) groups is 1. The van der Waals surface area contributed by atoms with Crippen molar-refractivity contribution in [2.24, 2.45) is 0 Å². The zero-order valence-electron chi connectivity index (χ0n) is 19.1. The van der Waals surface area contributed by atoms with Crippen molar-refractivity contribution in [3.8, 4) is 17.0 Å². The van der Waals surface area contributed by atoms with Crippen LogP contribution in [-0.4, -0.2) is 41.0 Å². The lowest BCUT2D eigenvalue weighted by molar-refractivity contribution is 0.0908. The number of halogens is 1. The summed E-state index contributed by atoms with van der Waals surface area (Å²) in [5.74, 6) is 0.478. The van der Waals surface area contributed by atoms with Crippen LogP contribution in [0, 0.1) is 5.82 Å². The van der Waals surface area contributed by atoms with Crippen molar-refractivity contribution in [1.82, 2.24) is 15.2 Å². The predicted octanol–water partition coefficient (Wildman–Crippen LogP) is 5.07. The van der Waals surface area contributed by atoms with Gasteiger partial charge >= 0.3 is 0 Å². The first-order valence-corrected chi connectivity index (χ1v) is 11.5. The van der Waals surface area contributed by atoms with Crippen molar-refractivity contribution < 1.29 is 13.9 Å². The van der Waals surface area contributed by atoms with Crippen LogP contribution >= 0.6 is 0 Å². The Morgan fingerprint density at radius 1 is 1.12 bits per heavy atom. The van der Waals surface area contributed by atoms with Gasteiger partial charge < -0.3 is 10.1 Å². The van der Waals surface area contributed by atoms with E-state index in [4.69, 9.17) is 4.74 Å². The quantitative estimate of drug-likeness (QED) is 0.550. The molecule has 2 aromatic carbocycles. The van der Waals surface area contributed by atoms with E-state index >= 15 is 0 Å². The molecule has 6 heteroatoms. The number of ether oxygens (including phenoxy) is 1. The SMILES string of the molecule is CC(C)Oc1cccc(CN2CCC(NC(=O)c3ccc(-c4cccc(F)c4)nc3)CC2)c1. The van der Waals surface area contributed by atoms with Gasteiger partial charge in [0.25, 0.3) is 5.91 Å². The second kappa shape index (κ2) is 10.6. The molecule has 4 rings (SSSR count). The number of pyridine rings is 1. The second-order valence-electron chi connectivity index (χ2n) is 8.78. The average Bonchev–Trinajstić information content (AvgIpc) is 2.80. The molecule has 0 spiro atoms. The lowest BCUT2D eigenvalue weighted by atomic mass is 10.0. The van der Waals surface area contributed by atoms with Crippen molar-refractivity contribution in [2.75, 3.05) is 13.1 Å². The summed E-state index contributed by atoms with van der Waals surface area (Å²) in [7, 11) is 0. The van der Waals surface area contributed by atoms with Crippen molar-refractivity contribution in [3.63, 3.8) is 0 Å². The number of nitrogens with zero attached hydrogens (tertiary/aromatic N) is 2. The number of piperidine rings is 1. The molecule has 1 amide bonds. The van der Waals surface area contributed by atoms with Gasteiger partial charge in [-0.15, -0.1) is 0 Å². The summed E-state index contributed by atoms with van der Waals surface area (Å²) >= 11 is 0. The lowest BCUT2D eigenvalue weighted by Gasteiger charge is -2.32. The van der Waals surface area contributed by atoms with Crippen LogP contribution in [0.5, 0.6) is 5.75 Å². The maximum Gasteiger partial charge on any atom is 0.253 e. The van der Waals surface area contributed by atoms with E-state index in [0.717, 1.165) is 38.2 Å². The van der Waals surface area contributed by atoms with Crippen LogP contribution < -0.4 is 10.1 Å². The molecule has 0 atom stereocenters. The largest absolute Gasteiger partial charge is 0.491 e. The smallest absolute Gasteiger partial charge is 0.253 e. The highest BCUT2D eigenvalue weighted by atomic mass is 19.1. The van der Waals surface area contributed by atoms with E-state index in [1.54, 1.807) is 30.5 Å². The molecule has 1 N–H and O–H groups in total. The number of aromatic nitrogens is 1. The first-order valence-electron chi connectivity index (χ1n) is 11.5. The van der Waals surface area contributed by atoms with E-state index in [1.807, 2.05) is 26.0 Å². The van der Waals surface area contributed by atoms with E-state index in [1.165, 1.54) is 17.7 Å². The molecule has 5 nitrogen and oxygen atoms in total. The van der Waals surface area contributed by atoms with E-state index in [0.29, 0.717) is 16.8 Å². The minimum absolute atomic E-state index is 0.120. The molecule has 0 saturated carbocycles. The second-order valence-corrected chi connectivity index (χ2v) is 8.78. The Balaban J connectivity index is 1.27. The van der Waals surface area contributed by atoms with Gasteiger partial charge in [-0.05, 0) is 68.7 Å². The first-order chi connectivity index (χ1) is 16.0. The van der Waals surface area contributed by atoms with Gasteiger partial charge in [-0.3, -0.25) is 14.7 Å². The van der Waals surface area contributed by atoms with Crippen LogP contribution in [0.3, 0.4) is 0 Å². The summed E-state index contributed by atoms with van der Waals surface area (Å²) in [6.45, 7) is 6.79. The fourth-order valence-corrected chi connectivity index (χ4v) is 4.10. The van der Waals surface area contributed by atoms with Crippen molar-refractivity contribution in [3.05, 3.63) is 83.8 Å². The summed E-state index contributed by atoms with van der Waals surface area (Å²) < 4.78 is 19.2. The van der Waals surface area contributed by atoms with Gasteiger partial charge in [-0.2, -0.15) is 0 Å². The number of amides is 1. The number of carbonyl (C=O) groups excluding carboxylic acids is 1. The number of hydrogen-bond donors (Lipinski definition) is 1. The highest BCUT2D eigenvalue weighted by Gasteiger charge is 2.21. The zero-order chi connectivity index (χ0) is 23.2. The Bertz CT molecular complexity index is 1080. The van der Waals surface area contributed by atoms with E-state index in [-0.39, 0.29) is 23.9 Å². The van der Waals surface area contributed by atoms with Crippen LogP contribution in [0.25, 0.3) is 11.3 Å². The topological polar surface area (TPSA) is 54.5 Å². The molecular formula is C27H30FN3O2. The maximum absolute atomic E-state index is 13.4. The molecule has 1 aliphatic heterocycles. The standard InChI is InChI=1S/C27H30FN3O2/c1-19(2)33-25-8-3-5-20(15-25)18-31-13-11-24(12-14-31)30-27(32)22-9-10-26(29-17-22)21-6-4-7-23(28)16-21/h3-10,15-17,19,24H,11-14,18H2,1-2H3,(H,30,32). The Hall–Kier alpha value is -3.25. The molecule has 2 heterocycles. The van der Waals surface area contributed by atoms with E-state index < -0.39 is 0 Å². The molecule has 1 aliphatic rings. The molecule has 3 aromatic rings. The average molecular weight is 448 g/mol. The van der Waals surface area contributed by atoms with Gasteiger partial charge in [-0.25, -0.2) is 4.39 Å². The third kappa shape index (κ3) is 6.39. The molecular weight excluding hydrogens is 417 g/mol. The van der Waals surface area contributed by atoms with Gasteiger partial charge in [0.05, 0.1) is 17.4 Å². The van der Waals surface area contributed by atoms with Gasteiger partial charge in [-0.1, -0.05) is 24.3 Å². The van der Waals surface area contributed by atoms with Gasteiger partial charge in [0, 0.05) is 37.4 Å². The van der Waals surface area contributed by atoms with Crippen LogP contribution in [0.15, 0.2) is 66.9 Å². The van der Waals surface area contributed by atoms with Crippen molar-refractivity contribution in [2.45, 2.75) is 45.4 Å². The normalized spacial score (nSPS) is 14.9. The monoisotopic (exact) mass is 447 g/mol. The van der Waals surface area contributed by atoms with Crippen molar-refractivity contribution in [1.29, 1.82) is 0 Å². The van der Waals surface area contributed by atoms with Crippen LogP contribution in [0.4, 0.5) is 4.39 Å². The molecule has 0 unspecified atom stereocenters. The van der Waals surface area contributed by atoms with E-state index in [2.05, 4.69) is 27.3 Å². The summed E-state index contributed by atoms with van der Waals surface area (Å²) in [5, 5.41) is 3.13. The molecule has 0 aliphatic carbocycles. The Labute approximate surface area is 194 Å². The number of nitrogens with one attached hydrogen (secondary N) is 1. The molecule has 1 aromatic heterocycles. The number of likely N-dealkylation sites (tertiary alicyclic amines) is 1. The van der Waals surface area contributed by atoms with E-state index in [9.17, 15) is 9.18 Å². The third-order valence-electron chi connectivity index (χ3n) is 5.75. The third-order valence-corrected chi connectivity index (χ3v) is 5.75. The fraction of sp³-hybridized carbons (Fsp3) is 0.333.